The van der Waals surface area contributed by atoms with E-state index in [1.165, 1.54) is 51.0 Å². The molecule has 0 unspecified atom stereocenters. The van der Waals surface area contributed by atoms with E-state index >= 15 is 0 Å². The van der Waals surface area contributed by atoms with E-state index in [9.17, 15) is 4.79 Å². The number of hydrogen-bond donors (Lipinski definition) is 0. The van der Waals surface area contributed by atoms with E-state index in [4.69, 9.17) is 18.9 Å². The molecule has 0 amide bonds. The minimum Gasteiger partial charge on any atom is -0.490 e. The van der Waals surface area contributed by atoms with Gasteiger partial charge in [0.25, 0.3) is 0 Å². The molecule has 0 saturated heterocycles. The van der Waals surface area contributed by atoms with E-state index in [1.54, 1.807) is 0 Å². The van der Waals surface area contributed by atoms with Crippen LogP contribution in [0, 0.1) is 0 Å². The third-order valence-corrected chi connectivity index (χ3v) is 7.08. The van der Waals surface area contributed by atoms with Gasteiger partial charge in [-0.3, -0.25) is 0 Å². The normalized spacial score (nSPS) is 14.1. The van der Waals surface area contributed by atoms with Crippen LogP contribution in [0.4, 0.5) is 0 Å². The Hall–Kier alpha value is -2.17. The lowest BCUT2D eigenvalue weighted by Gasteiger charge is -2.21. The summed E-state index contributed by atoms with van der Waals surface area (Å²) in [6.07, 6.45) is 22.4. The van der Waals surface area contributed by atoms with Crippen molar-refractivity contribution >= 4 is 12.0 Å². The quantitative estimate of drug-likeness (QED) is 0.0900. The second kappa shape index (κ2) is 20.7. The molecule has 0 atom stereocenters. The Labute approximate surface area is 232 Å². The lowest BCUT2D eigenvalue weighted by molar-refractivity contribution is -0.144. The van der Waals surface area contributed by atoms with Crippen LogP contribution in [0.2, 0.25) is 0 Å². The molecule has 0 bridgehead atoms. The Bertz CT molecular complexity index is 782. The Balaban J connectivity index is 2.20. The molecule has 1 saturated carbocycles. The van der Waals surface area contributed by atoms with Gasteiger partial charge in [0.05, 0.1) is 19.8 Å². The smallest absolute Gasteiger partial charge is 0.331 e. The molecule has 5 nitrogen and oxygen atoms in total. The molecule has 1 aliphatic carbocycles. The van der Waals surface area contributed by atoms with Gasteiger partial charge in [-0.1, -0.05) is 85.0 Å². The predicted molar refractivity (Wildman–Crippen MR) is 157 cm³/mol. The van der Waals surface area contributed by atoms with E-state index in [-0.39, 0.29) is 12.1 Å². The van der Waals surface area contributed by atoms with Crippen molar-refractivity contribution in [1.82, 2.24) is 0 Å². The van der Waals surface area contributed by atoms with Gasteiger partial charge in [-0.25, -0.2) is 4.79 Å². The van der Waals surface area contributed by atoms with Crippen molar-refractivity contribution in [3.63, 3.8) is 0 Å². The van der Waals surface area contributed by atoms with Crippen LogP contribution < -0.4 is 14.2 Å². The first-order valence-electron chi connectivity index (χ1n) is 15.6. The maximum atomic E-state index is 12.6. The summed E-state index contributed by atoms with van der Waals surface area (Å²) in [5.74, 6) is 1.77. The van der Waals surface area contributed by atoms with Gasteiger partial charge < -0.3 is 18.9 Å². The second-order valence-corrected chi connectivity index (χ2v) is 10.6. The maximum absolute atomic E-state index is 12.6. The fraction of sp³-hybridized carbons (Fsp3) is 0.727. The summed E-state index contributed by atoms with van der Waals surface area (Å²) in [5, 5.41) is 0. The first-order valence-corrected chi connectivity index (χ1v) is 15.6. The van der Waals surface area contributed by atoms with E-state index in [0.717, 1.165) is 75.5 Å². The summed E-state index contributed by atoms with van der Waals surface area (Å²) in [4.78, 5) is 12.6. The summed E-state index contributed by atoms with van der Waals surface area (Å²) < 4.78 is 24.6. The Morgan fingerprint density at radius 2 is 1.26 bits per heavy atom. The van der Waals surface area contributed by atoms with Crippen LogP contribution in [0.1, 0.15) is 135 Å². The fourth-order valence-corrected chi connectivity index (χ4v) is 4.75. The molecule has 0 heterocycles. The van der Waals surface area contributed by atoms with Crippen LogP contribution in [-0.4, -0.2) is 31.9 Å². The largest absolute Gasteiger partial charge is 0.490 e. The first kappa shape index (κ1) is 32.0. The lowest BCUT2D eigenvalue weighted by atomic mass is 9.98. The minimum absolute atomic E-state index is 0.0423. The van der Waals surface area contributed by atoms with Crippen LogP contribution in [0.5, 0.6) is 17.2 Å². The van der Waals surface area contributed by atoms with Gasteiger partial charge in [-0.15, -0.1) is 0 Å². The number of hydrogen-bond acceptors (Lipinski definition) is 5. The summed E-state index contributed by atoms with van der Waals surface area (Å²) in [6.45, 7) is 8.53. The van der Waals surface area contributed by atoms with Gasteiger partial charge in [0.1, 0.15) is 6.10 Å². The van der Waals surface area contributed by atoms with Crippen molar-refractivity contribution in [3.05, 3.63) is 23.8 Å². The van der Waals surface area contributed by atoms with Gasteiger partial charge in [-0.05, 0) is 63.2 Å². The number of carbonyl (C=O) groups excluding carboxylic acids is 1. The number of carbonyl (C=O) groups is 1. The Kier molecular flexibility index (Phi) is 17.5. The fourth-order valence-electron chi connectivity index (χ4n) is 4.75. The molecule has 1 aliphatic rings. The summed E-state index contributed by atoms with van der Waals surface area (Å²) in [6, 6.07) is 3.92. The topological polar surface area (TPSA) is 54.0 Å². The highest BCUT2D eigenvalue weighted by molar-refractivity contribution is 5.88. The molecular formula is C33H54O5. The average molecular weight is 531 g/mol. The van der Waals surface area contributed by atoms with Crippen LogP contribution in [0.15, 0.2) is 18.2 Å². The molecule has 0 spiro atoms. The van der Waals surface area contributed by atoms with E-state index in [2.05, 4.69) is 20.8 Å². The molecule has 1 fully saturated rings. The predicted octanol–water partition coefficient (Wildman–Crippen LogP) is 9.45. The molecule has 0 N–H and O–H groups in total. The van der Waals surface area contributed by atoms with Gasteiger partial charge in [-0.2, -0.15) is 0 Å². The molecule has 0 aliphatic heterocycles. The lowest BCUT2D eigenvalue weighted by Crippen LogP contribution is -2.19. The number of ether oxygens (including phenoxy) is 4. The number of rotatable bonds is 21. The SMILES string of the molecule is CCCCCCOc1ccc(C=CC(=O)OC2CCCCC2)c(OCCCCCC)c1OCCCCCC. The van der Waals surface area contributed by atoms with Gasteiger partial charge >= 0.3 is 5.97 Å². The van der Waals surface area contributed by atoms with Gasteiger partial charge in [0.2, 0.25) is 5.75 Å². The third-order valence-electron chi connectivity index (χ3n) is 7.08. The molecular weight excluding hydrogens is 476 g/mol. The van der Waals surface area contributed by atoms with Crippen molar-refractivity contribution in [1.29, 1.82) is 0 Å². The number of benzene rings is 1. The van der Waals surface area contributed by atoms with Gasteiger partial charge in [0.15, 0.2) is 11.5 Å². The van der Waals surface area contributed by atoms with Crippen molar-refractivity contribution in [2.45, 2.75) is 136 Å². The highest BCUT2D eigenvalue weighted by Gasteiger charge is 2.19. The molecule has 1 aromatic carbocycles. The van der Waals surface area contributed by atoms with Crippen LogP contribution in [0.25, 0.3) is 6.08 Å². The summed E-state index contributed by atoms with van der Waals surface area (Å²) >= 11 is 0. The monoisotopic (exact) mass is 530 g/mol. The van der Waals surface area contributed by atoms with Crippen molar-refractivity contribution < 1.29 is 23.7 Å². The number of esters is 1. The Morgan fingerprint density at radius 3 is 1.84 bits per heavy atom. The zero-order valence-electron chi connectivity index (χ0n) is 24.6. The molecule has 0 aromatic heterocycles. The van der Waals surface area contributed by atoms with Crippen molar-refractivity contribution in [3.8, 4) is 17.2 Å². The van der Waals surface area contributed by atoms with Gasteiger partial charge in [0, 0.05) is 11.6 Å². The average Bonchev–Trinajstić information content (AvgIpc) is 2.93. The molecule has 0 radical (unpaired) electrons. The van der Waals surface area contributed by atoms with Crippen LogP contribution >= 0.6 is 0 Å². The standard InChI is InChI=1S/C33H54O5/c1-4-7-10-16-25-35-30-23-21-28(22-24-31(34)38-29-19-14-13-15-20-29)32(36-26-17-11-8-5-2)33(30)37-27-18-12-9-6-3/h21-24,29H,4-20,25-27H2,1-3H3. The number of unbranched alkanes of at least 4 members (excludes halogenated alkanes) is 9. The Morgan fingerprint density at radius 1 is 0.711 bits per heavy atom. The molecule has 216 valence electrons. The van der Waals surface area contributed by atoms with E-state index in [0.29, 0.717) is 31.3 Å². The first-order chi connectivity index (χ1) is 18.7. The highest BCUT2D eigenvalue weighted by Crippen LogP contribution is 2.41. The van der Waals surface area contributed by atoms with Crippen LogP contribution in [-0.2, 0) is 9.53 Å². The minimum atomic E-state index is -0.288. The van der Waals surface area contributed by atoms with Crippen molar-refractivity contribution in [2.24, 2.45) is 0 Å². The van der Waals surface area contributed by atoms with E-state index in [1.807, 2.05) is 18.2 Å². The summed E-state index contributed by atoms with van der Waals surface area (Å²) in [5.41, 5.74) is 0.822. The molecule has 38 heavy (non-hydrogen) atoms. The molecule has 2 rings (SSSR count). The third kappa shape index (κ3) is 13.1. The second-order valence-electron chi connectivity index (χ2n) is 10.6. The van der Waals surface area contributed by atoms with Crippen LogP contribution in [0.3, 0.4) is 0 Å². The molecule has 1 aromatic rings. The maximum Gasteiger partial charge on any atom is 0.331 e. The zero-order chi connectivity index (χ0) is 27.3. The highest BCUT2D eigenvalue weighted by atomic mass is 16.5. The zero-order valence-corrected chi connectivity index (χ0v) is 24.6. The van der Waals surface area contributed by atoms with E-state index < -0.39 is 0 Å². The summed E-state index contributed by atoms with van der Waals surface area (Å²) in [7, 11) is 0. The molecule has 5 heteroatoms. The van der Waals surface area contributed by atoms with Crippen molar-refractivity contribution in [2.75, 3.05) is 19.8 Å².